The molecule has 1 aromatic heterocycles. The predicted octanol–water partition coefficient (Wildman–Crippen LogP) is 3.70. The summed E-state index contributed by atoms with van der Waals surface area (Å²) in [6, 6.07) is 16.1. The quantitative estimate of drug-likeness (QED) is 0.733. The van der Waals surface area contributed by atoms with Gasteiger partial charge >= 0.3 is 0 Å². The van der Waals surface area contributed by atoms with Crippen molar-refractivity contribution in [2.75, 3.05) is 18.6 Å². The Morgan fingerprint density at radius 3 is 2.88 bits per heavy atom. The lowest BCUT2D eigenvalue weighted by atomic mass is 10.0. The van der Waals surface area contributed by atoms with E-state index < -0.39 is 0 Å². The van der Waals surface area contributed by atoms with Gasteiger partial charge in [-0.1, -0.05) is 35.5 Å². The third-order valence-corrected chi connectivity index (χ3v) is 4.33. The van der Waals surface area contributed by atoms with Crippen molar-refractivity contribution < 1.29 is 9.26 Å². The molecule has 4 rings (SSSR count). The van der Waals surface area contributed by atoms with E-state index in [-0.39, 0.29) is 0 Å². The first kappa shape index (κ1) is 14.8. The Hall–Kier alpha value is -2.82. The summed E-state index contributed by atoms with van der Waals surface area (Å²) in [4.78, 5) is 6.83. The highest BCUT2D eigenvalue weighted by atomic mass is 16.5. The Labute approximate surface area is 140 Å². The number of rotatable bonds is 4. The minimum absolute atomic E-state index is 0.624. The fourth-order valence-corrected chi connectivity index (χ4v) is 3.13. The molecule has 1 aliphatic rings. The maximum atomic E-state index is 5.45. The summed E-state index contributed by atoms with van der Waals surface area (Å²) < 4.78 is 10.8. The molecule has 1 aliphatic heterocycles. The number of benzene rings is 2. The molecule has 5 nitrogen and oxygen atoms in total. The van der Waals surface area contributed by atoms with E-state index in [0.717, 1.165) is 30.7 Å². The van der Waals surface area contributed by atoms with Crippen LogP contribution in [0.4, 0.5) is 5.69 Å². The van der Waals surface area contributed by atoms with Crippen LogP contribution in [-0.2, 0) is 13.0 Å². The largest absolute Gasteiger partial charge is 0.497 e. The molecular formula is C19H19N3O2. The van der Waals surface area contributed by atoms with Crippen LogP contribution >= 0.6 is 0 Å². The van der Waals surface area contributed by atoms with Gasteiger partial charge in [0.1, 0.15) is 5.75 Å². The molecule has 0 bridgehead atoms. The van der Waals surface area contributed by atoms with E-state index in [1.54, 1.807) is 7.11 Å². The molecule has 122 valence electrons. The standard InChI is InChI=1S/C19H19N3O2/c1-23-16-9-10-17-15(12-16)8-5-11-22(17)13-18-20-19(21-24-18)14-6-3-2-4-7-14/h2-4,6-7,9-10,12H,5,8,11,13H2,1H3. The summed E-state index contributed by atoms with van der Waals surface area (Å²) in [5, 5.41) is 4.10. The van der Waals surface area contributed by atoms with E-state index >= 15 is 0 Å². The van der Waals surface area contributed by atoms with Crippen molar-refractivity contribution >= 4 is 5.69 Å². The van der Waals surface area contributed by atoms with Gasteiger partial charge in [-0.25, -0.2) is 0 Å². The fourth-order valence-electron chi connectivity index (χ4n) is 3.13. The van der Waals surface area contributed by atoms with Crippen molar-refractivity contribution in [3.63, 3.8) is 0 Å². The van der Waals surface area contributed by atoms with Crippen LogP contribution in [0.5, 0.6) is 5.75 Å². The second-order valence-corrected chi connectivity index (χ2v) is 5.90. The number of methoxy groups -OCH3 is 1. The van der Waals surface area contributed by atoms with Crippen molar-refractivity contribution in [1.29, 1.82) is 0 Å². The lowest BCUT2D eigenvalue weighted by Gasteiger charge is -2.30. The number of hydrogen-bond donors (Lipinski definition) is 0. The summed E-state index contributed by atoms with van der Waals surface area (Å²) in [6.07, 6.45) is 2.18. The molecule has 0 amide bonds. The van der Waals surface area contributed by atoms with Gasteiger partial charge in [0.05, 0.1) is 13.7 Å². The molecule has 2 heterocycles. The summed E-state index contributed by atoms with van der Waals surface area (Å²) >= 11 is 0. The van der Waals surface area contributed by atoms with Crippen LogP contribution in [0, 0.1) is 0 Å². The molecule has 0 saturated carbocycles. The number of ether oxygens (including phenoxy) is 1. The van der Waals surface area contributed by atoms with Gasteiger partial charge in [0, 0.05) is 17.8 Å². The molecule has 24 heavy (non-hydrogen) atoms. The van der Waals surface area contributed by atoms with Crippen LogP contribution in [0.15, 0.2) is 53.1 Å². The van der Waals surface area contributed by atoms with E-state index in [1.807, 2.05) is 36.4 Å². The maximum absolute atomic E-state index is 5.45. The summed E-state index contributed by atoms with van der Waals surface area (Å²) in [6.45, 7) is 1.61. The van der Waals surface area contributed by atoms with E-state index in [9.17, 15) is 0 Å². The van der Waals surface area contributed by atoms with Crippen molar-refractivity contribution in [3.8, 4) is 17.1 Å². The first-order valence-corrected chi connectivity index (χ1v) is 8.13. The second kappa shape index (κ2) is 6.35. The van der Waals surface area contributed by atoms with Gasteiger partial charge in [-0.2, -0.15) is 4.98 Å². The molecule has 0 fully saturated rings. The second-order valence-electron chi connectivity index (χ2n) is 5.90. The number of nitrogens with zero attached hydrogens (tertiary/aromatic N) is 3. The molecule has 2 aromatic carbocycles. The lowest BCUT2D eigenvalue weighted by Crippen LogP contribution is -2.28. The third-order valence-electron chi connectivity index (χ3n) is 4.33. The molecule has 0 spiro atoms. The lowest BCUT2D eigenvalue weighted by molar-refractivity contribution is 0.375. The van der Waals surface area contributed by atoms with E-state index in [1.165, 1.54) is 11.3 Å². The molecule has 0 unspecified atom stereocenters. The van der Waals surface area contributed by atoms with Crippen LogP contribution in [0.2, 0.25) is 0 Å². The molecule has 0 saturated heterocycles. The zero-order chi connectivity index (χ0) is 16.4. The van der Waals surface area contributed by atoms with Crippen molar-refractivity contribution in [2.24, 2.45) is 0 Å². The maximum Gasteiger partial charge on any atom is 0.246 e. The average molecular weight is 321 g/mol. The minimum Gasteiger partial charge on any atom is -0.497 e. The number of anilines is 1. The molecule has 0 N–H and O–H groups in total. The minimum atomic E-state index is 0.624. The van der Waals surface area contributed by atoms with E-state index in [0.29, 0.717) is 18.3 Å². The van der Waals surface area contributed by atoms with Gasteiger partial charge in [-0.15, -0.1) is 0 Å². The van der Waals surface area contributed by atoms with Gasteiger partial charge in [-0.05, 0) is 36.6 Å². The highest BCUT2D eigenvalue weighted by Gasteiger charge is 2.20. The number of aryl methyl sites for hydroxylation is 1. The van der Waals surface area contributed by atoms with Crippen molar-refractivity contribution in [3.05, 3.63) is 60.0 Å². The first-order chi connectivity index (χ1) is 11.8. The van der Waals surface area contributed by atoms with Crippen molar-refractivity contribution in [2.45, 2.75) is 19.4 Å². The zero-order valence-corrected chi connectivity index (χ0v) is 13.6. The van der Waals surface area contributed by atoms with Gasteiger partial charge in [-0.3, -0.25) is 0 Å². The summed E-state index contributed by atoms with van der Waals surface area (Å²) in [7, 11) is 1.70. The third kappa shape index (κ3) is 2.85. The Morgan fingerprint density at radius 1 is 1.17 bits per heavy atom. The Kier molecular flexibility index (Phi) is 3.91. The summed E-state index contributed by atoms with van der Waals surface area (Å²) in [5.74, 6) is 2.18. The number of hydrogen-bond acceptors (Lipinski definition) is 5. The van der Waals surface area contributed by atoms with Crippen LogP contribution in [-0.4, -0.2) is 23.8 Å². The number of fused-ring (bicyclic) bond motifs is 1. The smallest absolute Gasteiger partial charge is 0.246 e. The Morgan fingerprint density at radius 2 is 2.04 bits per heavy atom. The molecule has 5 heteroatoms. The van der Waals surface area contributed by atoms with Gasteiger partial charge in [0.15, 0.2) is 0 Å². The monoisotopic (exact) mass is 321 g/mol. The Balaban J connectivity index is 1.56. The van der Waals surface area contributed by atoms with Crippen molar-refractivity contribution in [1.82, 2.24) is 10.1 Å². The van der Waals surface area contributed by atoms with E-state index in [2.05, 4.69) is 27.2 Å². The van der Waals surface area contributed by atoms with Crippen LogP contribution in [0.3, 0.4) is 0 Å². The summed E-state index contributed by atoms with van der Waals surface area (Å²) in [5.41, 5.74) is 3.50. The predicted molar refractivity (Wildman–Crippen MR) is 92.1 cm³/mol. The first-order valence-electron chi connectivity index (χ1n) is 8.13. The SMILES string of the molecule is COc1ccc2c(c1)CCCN2Cc1nc(-c2ccccc2)no1. The molecule has 0 aliphatic carbocycles. The van der Waals surface area contributed by atoms with Gasteiger partial charge in [0.25, 0.3) is 0 Å². The normalized spacial score (nSPS) is 13.6. The van der Waals surface area contributed by atoms with Crippen LogP contribution in [0.1, 0.15) is 17.9 Å². The molecule has 0 radical (unpaired) electrons. The van der Waals surface area contributed by atoms with Crippen LogP contribution in [0.25, 0.3) is 11.4 Å². The Bertz CT molecular complexity index is 830. The topological polar surface area (TPSA) is 51.4 Å². The highest BCUT2D eigenvalue weighted by molar-refractivity contribution is 5.58. The molecular weight excluding hydrogens is 302 g/mol. The van der Waals surface area contributed by atoms with Crippen LogP contribution < -0.4 is 9.64 Å². The zero-order valence-electron chi connectivity index (χ0n) is 13.6. The molecule has 3 aromatic rings. The van der Waals surface area contributed by atoms with E-state index in [4.69, 9.17) is 9.26 Å². The van der Waals surface area contributed by atoms with Gasteiger partial charge in [0.2, 0.25) is 11.7 Å². The van der Waals surface area contributed by atoms with Gasteiger partial charge < -0.3 is 14.2 Å². The molecule has 0 atom stereocenters. The average Bonchev–Trinajstić information content (AvgIpc) is 3.11. The fraction of sp³-hybridized carbons (Fsp3) is 0.263. The highest BCUT2D eigenvalue weighted by Crippen LogP contribution is 2.31. The number of aromatic nitrogens is 2.